The van der Waals surface area contributed by atoms with E-state index in [1.54, 1.807) is 0 Å². The fourth-order valence-electron chi connectivity index (χ4n) is 2.62. The minimum Gasteiger partial charge on any atom is -0.368 e. The van der Waals surface area contributed by atoms with Crippen molar-refractivity contribution in [2.24, 2.45) is 5.73 Å². The van der Waals surface area contributed by atoms with E-state index < -0.39 is 29.8 Å². The summed E-state index contributed by atoms with van der Waals surface area (Å²) < 4.78 is 0. The minimum absolute atomic E-state index is 0.138. The predicted molar refractivity (Wildman–Crippen MR) is 104 cm³/mol. The molecule has 0 fully saturated rings. The summed E-state index contributed by atoms with van der Waals surface area (Å²) >= 11 is 0. The molecule has 0 spiro atoms. The van der Waals surface area contributed by atoms with Crippen LogP contribution in [0.5, 0.6) is 0 Å². The minimum atomic E-state index is -0.978. The molecule has 154 valence electrons. The Morgan fingerprint density at radius 2 is 1.79 bits per heavy atom. The number of amides is 4. The van der Waals surface area contributed by atoms with Crippen LogP contribution in [-0.2, 0) is 32.0 Å². The van der Waals surface area contributed by atoms with Crippen molar-refractivity contribution in [3.8, 4) is 0 Å². The standard InChI is InChI=1S/C19H24N6O4/c1-12(26)22-10-17(27)24-16(7-13-5-3-2-4-6-13)19(29)25-15(18(20)28)8-14-9-21-11-23-14/h2-6,9,11,15-16H,7-8,10H2,1H3,(H2,20,28)(H,21,23)(H,22,26)(H,24,27)(H,25,29). The lowest BCUT2D eigenvalue weighted by molar-refractivity contribution is -0.131. The number of carbonyl (C=O) groups excluding carboxylic acids is 4. The van der Waals surface area contributed by atoms with Crippen LogP contribution in [0.2, 0.25) is 0 Å². The van der Waals surface area contributed by atoms with E-state index in [0.29, 0.717) is 5.69 Å². The number of nitrogens with one attached hydrogen (secondary N) is 4. The Morgan fingerprint density at radius 3 is 2.38 bits per heavy atom. The SMILES string of the molecule is CC(=O)NCC(=O)NC(Cc1ccccc1)C(=O)NC(Cc1cnc[nH]1)C(N)=O. The van der Waals surface area contributed by atoms with Crippen LogP contribution in [0.3, 0.4) is 0 Å². The highest BCUT2D eigenvalue weighted by Gasteiger charge is 2.26. The number of nitrogens with two attached hydrogens (primary N) is 1. The fourth-order valence-corrected chi connectivity index (χ4v) is 2.62. The molecule has 6 N–H and O–H groups in total. The van der Waals surface area contributed by atoms with Gasteiger partial charge in [-0.25, -0.2) is 4.98 Å². The van der Waals surface area contributed by atoms with E-state index in [0.717, 1.165) is 5.56 Å². The van der Waals surface area contributed by atoms with Crippen LogP contribution in [0.25, 0.3) is 0 Å². The first-order valence-electron chi connectivity index (χ1n) is 9.00. The number of H-pyrrole nitrogens is 1. The average molecular weight is 400 g/mol. The summed E-state index contributed by atoms with van der Waals surface area (Å²) in [5.74, 6) is -2.16. The second kappa shape index (κ2) is 10.6. The molecule has 1 aromatic carbocycles. The number of hydrogen-bond donors (Lipinski definition) is 5. The van der Waals surface area contributed by atoms with Gasteiger partial charge in [0.2, 0.25) is 23.6 Å². The number of hydrogen-bond acceptors (Lipinski definition) is 5. The van der Waals surface area contributed by atoms with Gasteiger partial charge in [-0.15, -0.1) is 0 Å². The number of carbonyl (C=O) groups is 4. The third-order valence-electron chi connectivity index (χ3n) is 4.07. The van der Waals surface area contributed by atoms with Crippen LogP contribution < -0.4 is 21.7 Å². The van der Waals surface area contributed by atoms with Crippen molar-refractivity contribution < 1.29 is 19.2 Å². The van der Waals surface area contributed by atoms with E-state index in [9.17, 15) is 19.2 Å². The molecule has 2 rings (SSSR count). The normalized spacial score (nSPS) is 12.4. The third-order valence-corrected chi connectivity index (χ3v) is 4.07. The van der Waals surface area contributed by atoms with Gasteiger partial charge in [0.15, 0.2) is 0 Å². The Kier molecular flexibility index (Phi) is 7.89. The molecule has 0 saturated carbocycles. The zero-order valence-corrected chi connectivity index (χ0v) is 16.0. The monoisotopic (exact) mass is 400 g/mol. The molecule has 1 aromatic heterocycles. The molecule has 2 atom stereocenters. The first-order chi connectivity index (χ1) is 13.8. The van der Waals surface area contributed by atoms with E-state index in [1.165, 1.54) is 19.4 Å². The molecule has 29 heavy (non-hydrogen) atoms. The molecule has 2 unspecified atom stereocenters. The molecule has 0 aliphatic heterocycles. The van der Waals surface area contributed by atoms with Gasteiger partial charge in [0.1, 0.15) is 12.1 Å². The Hall–Kier alpha value is -3.69. The van der Waals surface area contributed by atoms with Gasteiger partial charge in [0.05, 0.1) is 12.9 Å². The highest BCUT2D eigenvalue weighted by Crippen LogP contribution is 2.05. The average Bonchev–Trinajstić information content (AvgIpc) is 3.19. The maximum atomic E-state index is 12.8. The van der Waals surface area contributed by atoms with Gasteiger partial charge < -0.3 is 26.7 Å². The van der Waals surface area contributed by atoms with Gasteiger partial charge >= 0.3 is 0 Å². The van der Waals surface area contributed by atoms with E-state index in [4.69, 9.17) is 5.73 Å². The smallest absolute Gasteiger partial charge is 0.243 e. The maximum absolute atomic E-state index is 12.8. The number of nitrogens with zero attached hydrogens (tertiary/aromatic N) is 1. The number of imidazole rings is 1. The van der Waals surface area contributed by atoms with E-state index in [1.807, 2.05) is 30.3 Å². The Balaban J connectivity index is 2.09. The quantitative estimate of drug-likeness (QED) is 0.338. The van der Waals surface area contributed by atoms with Gasteiger partial charge in [-0.05, 0) is 5.56 Å². The summed E-state index contributed by atoms with van der Waals surface area (Å²) in [6.45, 7) is 1.02. The maximum Gasteiger partial charge on any atom is 0.243 e. The van der Waals surface area contributed by atoms with Gasteiger partial charge in [0, 0.05) is 31.7 Å². The zero-order valence-electron chi connectivity index (χ0n) is 16.0. The molecule has 0 aliphatic carbocycles. The topological polar surface area (TPSA) is 159 Å². The summed E-state index contributed by atoms with van der Waals surface area (Å²) in [6.07, 6.45) is 3.32. The second-order valence-electron chi connectivity index (χ2n) is 6.46. The molecule has 0 bridgehead atoms. The number of aromatic nitrogens is 2. The second-order valence-corrected chi connectivity index (χ2v) is 6.46. The fraction of sp³-hybridized carbons (Fsp3) is 0.316. The molecule has 2 aromatic rings. The van der Waals surface area contributed by atoms with Gasteiger partial charge in [-0.2, -0.15) is 0 Å². The van der Waals surface area contributed by atoms with Crippen LogP contribution in [-0.4, -0.2) is 52.2 Å². The van der Waals surface area contributed by atoms with Crippen LogP contribution in [0.15, 0.2) is 42.9 Å². The Labute approximate surface area is 167 Å². The van der Waals surface area contributed by atoms with Crippen molar-refractivity contribution in [3.63, 3.8) is 0 Å². The van der Waals surface area contributed by atoms with Crippen LogP contribution in [0.4, 0.5) is 0 Å². The highest BCUT2D eigenvalue weighted by molar-refractivity contribution is 5.92. The van der Waals surface area contributed by atoms with Gasteiger partial charge in [0.25, 0.3) is 0 Å². The van der Waals surface area contributed by atoms with E-state index in [2.05, 4.69) is 25.9 Å². The van der Waals surface area contributed by atoms with Crippen molar-refractivity contribution in [1.29, 1.82) is 0 Å². The van der Waals surface area contributed by atoms with E-state index >= 15 is 0 Å². The number of primary amides is 1. The molecule has 4 amide bonds. The first kappa shape index (κ1) is 21.6. The summed E-state index contributed by atoms with van der Waals surface area (Å²) in [5.41, 5.74) is 6.86. The Bertz CT molecular complexity index is 838. The number of aromatic amines is 1. The lowest BCUT2D eigenvalue weighted by atomic mass is 10.0. The molecular formula is C19H24N6O4. The molecule has 0 radical (unpaired) electrons. The van der Waals surface area contributed by atoms with Crippen LogP contribution in [0, 0.1) is 0 Å². The first-order valence-corrected chi connectivity index (χ1v) is 9.00. The van der Waals surface area contributed by atoms with Crippen molar-refractivity contribution in [1.82, 2.24) is 25.9 Å². The molecular weight excluding hydrogens is 376 g/mol. The van der Waals surface area contributed by atoms with Gasteiger partial charge in [-0.1, -0.05) is 30.3 Å². The van der Waals surface area contributed by atoms with Crippen LogP contribution >= 0.6 is 0 Å². The van der Waals surface area contributed by atoms with Crippen molar-refractivity contribution in [3.05, 3.63) is 54.1 Å². The molecule has 10 heteroatoms. The summed E-state index contributed by atoms with van der Waals surface area (Å²) in [7, 11) is 0. The molecule has 1 heterocycles. The predicted octanol–water partition coefficient (Wildman–Crippen LogP) is -1.21. The largest absolute Gasteiger partial charge is 0.368 e. The summed E-state index contributed by atoms with van der Waals surface area (Å²) in [4.78, 5) is 54.4. The number of benzene rings is 1. The van der Waals surface area contributed by atoms with E-state index in [-0.39, 0.29) is 25.3 Å². The van der Waals surface area contributed by atoms with Crippen LogP contribution in [0.1, 0.15) is 18.2 Å². The highest BCUT2D eigenvalue weighted by atomic mass is 16.2. The number of rotatable bonds is 10. The van der Waals surface area contributed by atoms with Crippen molar-refractivity contribution in [2.75, 3.05) is 6.54 Å². The Morgan fingerprint density at radius 1 is 1.07 bits per heavy atom. The van der Waals surface area contributed by atoms with Crippen molar-refractivity contribution in [2.45, 2.75) is 31.8 Å². The summed E-state index contributed by atoms with van der Waals surface area (Å²) in [5, 5.41) is 7.54. The molecule has 0 aliphatic rings. The zero-order chi connectivity index (χ0) is 21.2. The molecule has 0 saturated heterocycles. The lowest BCUT2D eigenvalue weighted by Gasteiger charge is -2.22. The molecule has 10 nitrogen and oxygen atoms in total. The summed E-state index contributed by atoms with van der Waals surface area (Å²) in [6, 6.07) is 7.16. The lowest BCUT2D eigenvalue weighted by Crippen LogP contribution is -2.55. The van der Waals surface area contributed by atoms with Gasteiger partial charge in [-0.3, -0.25) is 19.2 Å². The van der Waals surface area contributed by atoms with Crippen molar-refractivity contribution >= 4 is 23.6 Å². The third kappa shape index (κ3) is 7.45.